The molecule has 2 aromatic rings. The predicted molar refractivity (Wildman–Crippen MR) is 115 cm³/mol. The van der Waals surface area contributed by atoms with E-state index in [-0.39, 0.29) is 29.3 Å². The van der Waals surface area contributed by atoms with Crippen LogP contribution in [0.2, 0.25) is 0 Å². The van der Waals surface area contributed by atoms with E-state index in [0.717, 1.165) is 11.6 Å². The van der Waals surface area contributed by atoms with Crippen LogP contribution in [-0.2, 0) is 16.4 Å². The number of halogens is 3. The summed E-state index contributed by atoms with van der Waals surface area (Å²) in [6, 6.07) is 10.8. The summed E-state index contributed by atoms with van der Waals surface area (Å²) in [7, 11) is -2.75. The average Bonchev–Trinajstić information content (AvgIpc) is 3.20. The zero-order valence-corrected chi connectivity index (χ0v) is 18.7. The number of unbranched alkanes of at least 4 members (excludes halogenated alkanes) is 1. The van der Waals surface area contributed by atoms with Crippen LogP contribution >= 0.6 is 0 Å². The quantitative estimate of drug-likeness (QED) is 0.579. The van der Waals surface area contributed by atoms with E-state index in [0.29, 0.717) is 29.8 Å². The first kappa shape index (κ1) is 23.9. The fraction of sp³-hybridized carbons (Fsp3) is 0.409. The monoisotopic (exact) mass is 470 g/mol. The highest BCUT2D eigenvalue weighted by Crippen LogP contribution is 2.34. The van der Waals surface area contributed by atoms with Crippen molar-refractivity contribution in [3.05, 3.63) is 53.6 Å². The van der Waals surface area contributed by atoms with Crippen LogP contribution in [0.15, 0.2) is 47.4 Å². The fourth-order valence-electron chi connectivity index (χ4n) is 3.69. The molecule has 0 atom stereocenters. The third-order valence-electron chi connectivity index (χ3n) is 5.27. The largest absolute Gasteiger partial charge is 0.496 e. The Morgan fingerprint density at radius 3 is 2.56 bits per heavy atom. The Morgan fingerprint density at radius 2 is 1.91 bits per heavy atom. The molecule has 0 saturated carbocycles. The molecule has 0 aliphatic carbocycles. The second-order valence-electron chi connectivity index (χ2n) is 7.51. The van der Waals surface area contributed by atoms with Gasteiger partial charge in [-0.25, -0.2) is 8.42 Å². The first-order valence-corrected chi connectivity index (χ1v) is 11.7. The van der Waals surface area contributed by atoms with Crippen molar-refractivity contribution in [1.82, 2.24) is 4.90 Å². The number of rotatable bonds is 8. The Kier molecular flexibility index (Phi) is 7.02. The summed E-state index contributed by atoms with van der Waals surface area (Å²) in [5.74, 6) is -0.911. The highest BCUT2D eigenvalue weighted by atomic mass is 32.2. The molecule has 6 nitrogen and oxygen atoms in total. The van der Waals surface area contributed by atoms with Crippen LogP contribution in [-0.4, -0.2) is 52.1 Å². The first-order chi connectivity index (χ1) is 15.1. The standard InChI is InChI=1S/C22H25F3N2O4S/c1-3-4-12-26(15-22(23,24)25)21(28)18-14-17(9-10-20(18)31-2)32(29,30)27-13-11-16-7-5-6-8-19(16)27/h5-10,14H,3-4,11-13,15H2,1-2H3. The zero-order chi connectivity index (χ0) is 23.5. The first-order valence-electron chi connectivity index (χ1n) is 10.2. The highest BCUT2D eigenvalue weighted by Gasteiger charge is 2.35. The maximum Gasteiger partial charge on any atom is 0.406 e. The van der Waals surface area contributed by atoms with Crippen LogP contribution in [0.3, 0.4) is 0 Å². The number of methoxy groups -OCH3 is 1. The van der Waals surface area contributed by atoms with E-state index in [9.17, 15) is 26.4 Å². The molecule has 2 aromatic carbocycles. The average molecular weight is 471 g/mol. The number of hydrogen-bond acceptors (Lipinski definition) is 4. The highest BCUT2D eigenvalue weighted by molar-refractivity contribution is 7.92. The van der Waals surface area contributed by atoms with Crippen molar-refractivity contribution in [2.45, 2.75) is 37.3 Å². The number of alkyl halides is 3. The van der Waals surface area contributed by atoms with Crippen molar-refractivity contribution in [1.29, 1.82) is 0 Å². The number of para-hydroxylation sites is 1. The van der Waals surface area contributed by atoms with Crippen LogP contribution in [0.1, 0.15) is 35.7 Å². The van der Waals surface area contributed by atoms with Gasteiger partial charge >= 0.3 is 6.18 Å². The van der Waals surface area contributed by atoms with E-state index in [1.54, 1.807) is 19.1 Å². The minimum Gasteiger partial charge on any atom is -0.496 e. The van der Waals surface area contributed by atoms with Crippen LogP contribution < -0.4 is 9.04 Å². The summed E-state index contributed by atoms with van der Waals surface area (Å²) in [5, 5.41) is 0. The smallest absolute Gasteiger partial charge is 0.406 e. The molecule has 10 heteroatoms. The molecule has 0 bridgehead atoms. The molecule has 3 rings (SSSR count). The fourth-order valence-corrected chi connectivity index (χ4v) is 5.22. The molecule has 1 aliphatic heterocycles. The van der Waals surface area contributed by atoms with E-state index >= 15 is 0 Å². The maximum atomic E-state index is 13.3. The topological polar surface area (TPSA) is 66.9 Å². The second kappa shape index (κ2) is 9.40. The Morgan fingerprint density at radius 1 is 1.19 bits per heavy atom. The van der Waals surface area contributed by atoms with E-state index in [1.165, 1.54) is 23.5 Å². The number of carbonyl (C=O) groups excluding carboxylic acids is 1. The van der Waals surface area contributed by atoms with Gasteiger partial charge in [-0.3, -0.25) is 9.10 Å². The summed E-state index contributed by atoms with van der Waals surface area (Å²) in [4.78, 5) is 13.5. The number of amides is 1. The van der Waals surface area contributed by atoms with Crippen molar-refractivity contribution in [3.63, 3.8) is 0 Å². The summed E-state index contributed by atoms with van der Waals surface area (Å²) < 4.78 is 72.3. The summed E-state index contributed by atoms with van der Waals surface area (Å²) in [6.45, 7) is 0.519. The molecule has 0 unspecified atom stereocenters. The summed E-state index contributed by atoms with van der Waals surface area (Å²) >= 11 is 0. The minimum absolute atomic E-state index is 0.0134. The van der Waals surface area contributed by atoms with Gasteiger partial charge in [0.15, 0.2) is 0 Å². The van der Waals surface area contributed by atoms with Crippen molar-refractivity contribution < 1.29 is 31.1 Å². The third kappa shape index (κ3) is 5.01. The van der Waals surface area contributed by atoms with Gasteiger partial charge in [-0.2, -0.15) is 13.2 Å². The number of ether oxygens (including phenoxy) is 1. The number of anilines is 1. The molecule has 1 heterocycles. The second-order valence-corrected chi connectivity index (χ2v) is 9.38. The lowest BCUT2D eigenvalue weighted by atomic mass is 10.1. The van der Waals surface area contributed by atoms with E-state index in [2.05, 4.69) is 0 Å². The van der Waals surface area contributed by atoms with Gasteiger partial charge in [0.25, 0.3) is 15.9 Å². The predicted octanol–water partition coefficient (Wildman–Crippen LogP) is 4.25. The van der Waals surface area contributed by atoms with Crippen LogP contribution in [0.4, 0.5) is 18.9 Å². The maximum absolute atomic E-state index is 13.3. The molecule has 32 heavy (non-hydrogen) atoms. The van der Waals surface area contributed by atoms with Crippen molar-refractivity contribution in [3.8, 4) is 5.75 Å². The molecule has 1 aliphatic rings. The van der Waals surface area contributed by atoms with Gasteiger partial charge in [-0.05, 0) is 42.7 Å². The van der Waals surface area contributed by atoms with Gasteiger partial charge in [0.1, 0.15) is 12.3 Å². The van der Waals surface area contributed by atoms with Gasteiger partial charge < -0.3 is 9.64 Å². The number of fused-ring (bicyclic) bond motifs is 1. The third-order valence-corrected chi connectivity index (χ3v) is 7.08. The zero-order valence-electron chi connectivity index (χ0n) is 17.9. The van der Waals surface area contributed by atoms with Gasteiger partial charge in [-0.1, -0.05) is 31.5 Å². The number of hydrogen-bond donors (Lipinski definition) is 0. The number of sulfonamides is 1. The lowest BCUT2D eigenvalue weighted by Crippen LogP contribution is -2.40. The van der Waals surface area contributed by atoms with Gasteiger partial charge in [0.05, 0.1) is 23.3 Å². The van der Waals surface area contributed by atoms with Crippen LogP contribution in [0.5, 0.6) is 5.75 Å². The molecule has 1 amide bonds. The molecule has 0 saturated heterocycles. The van der Waals surface area contributed by atoms with Crippen LogP contribution in [0.25, 0.3) is 0 Å². The lowest BCUT2D eigenvalue weighted by Gasteiger charge is -2.25. The molecule has 174 valence electrons. The van der Waals surface area contributed by atoms with Crippen molar-refractivity contribution >= 4 is 21.6 Å². The van der Waals surface area contributed by atoms with Crippen LogP contribution in [0, 0.1) is 0 Å². The summed E-state index contributed by atoms with van der Waals surface area (Å²) in [5.41, 5.74) is 1.22. The number of benzene rings is 2. The van der Waals surface area contributed by atoms with Crippen molar-refractivity contribution in [2.24, 2.45) is 0 Å². The Balaban J connectivity index is 2.00. The van der Waals surface area contributed by atoms with Gasteiger partial charge in [0, 0.05) is 13.1 Å². The molecule has 0 fully saturated rings. The van der Waals surface area contributed by atoms with E-state index in [1.807, 2.05) is 12.1 Å². The van der Waals surface area contributed by atoms with Gasteiger partial charge in [-0.15, -0.1) is 0 Å². The molecule has 0 radical (unpaired) electrons. The Labute approximate surface area is 185 Å². The number of carbonyl (C=O) groups is 1. The Hall–Kier alpha value is -2.75. The molecule has 0 N–H and O–H groups in total. The Bertz CT molecular complexity index is 1090. The van der Waals surface area contributed by atoms with Crippen molar-refractivity contribution in [2.75, 3.05) is 31.0 Å². The SMILES string of the molecule is CCCCN(CC(F)(F)F)C(=O)c1cc(S(=O)(=O)N2CCc3ccccc32)ccc1OC. The van der Waals surface area contributed by atoms with E-state index in [4.69, 9.17) is 4.74 Å². The molecule has 0 aromatic heterocycles. The molecular formula is C22H25F3N2O4S. The molecule has 0 spiro atoms. The summed E-state index contributed by atoms with van der Waals surface area (Å²) in [6.07, 6.45) is -3.05. The van der Waals surface area contributed by atoms with Gasteiger partial charge in [0.2, 0.25) is 0 Å². The number of nitrogens with zero attached hydrogens (tertiary/aromatic N) is 2. The van der Waals surface area contributed by atoms with E-state index < -0.39 is 28.7 Å². The minimum atomic E-state index is -4.58. The normalized spacial score (nSPS) is 13.7. The molecular weight excluding hydrogens is 445 g/mol. The lowest BCUT2D eigenvalue weighted by molar-refractivity contribution is -0.140.